The predicted molar refractivity (Wildman–Crippen MR) is 214 cm³/mol. The van der Waals surface area contributed by atoms with E-state index in [4.69, 9.17) is 0 Å². The number of hydrogen-bond acceptors (Lipinski definition) is 1. The lowest BCUT2D eigenvalue weighted by Gasteiger charge is -2.38. The van der Waals surface area contributed by atoms with E-state index in [-0.39, 0.29) is 0 Å². The summed E-state index contributed by atoms with van der Waals surface area (Å²) in [5.41, 5.74) is 10.9. The highest BCUT2D eigenvalue weighted by Gasteiger charge is 2.57. The number of fused-ring (bicyclic) bond motifs is 16. The molecule has 52 heavy (non-hydrogen) atoms. The van der Waals surface area contributed by atoms with Crippen molar-refractivity contribution in [3.8, 4) is 33.6 Å². The fourth-order valence-corrected chi connectivity index (χ4v) is 14.7. The summed E-state index contributed by atoms with van der Waals surface area (Å²) in [6.07, 6.45) is 0. The van der Waals surface area contributed by atoms with Gasteiger partial charge in [0.2, 0.25) is 0 Å². The number of para-hydroxylation sites is 4. The quantitative estimate of drug-likeness (QED) is 0.178. The molecule has 0 unspecified atom stereocenters. The van der Waals surface area contributed by atoms with Crippen LogP contribution in [0.15, 0.2) is 202 Å². The third-order valence-electron chi connectivity index (χ3n) is 11.6. The molecule has 2 aliphatic heterocycles. The first-order chi connectivity index (χ1) is 25.6. The normalized spacial score (nSPS) is 15.4. The lowest BCUT2D eigenvalue weighted by molar-refractivity contribution is 0.658. The number of benzene rings is 8. The summed E-state index contributed by atoms with van der Waals surface area (Å²) in [6.45, 7) is 0. The van der Waals surface area contributed by atoms with Crippen molar-refractivity contribution in [2.45, 2.75) is 19.6 Å². The molecule has 3 nitrogen and oxygen atoms in total. The third-order valence-corrected chi connectivity index (χ3v) is 16.4. The molecule has 0 saturated carbocycles. The molecule has 4 heterocycles. The van der Waals surface area contributed by atoms with Crippen LogP contribution in [0.3, 0.4) is 0 Å². The standard InChI is InChI=1S/C48H30N2OS/c51-52(45-23-11-5-17-37(45)39-29-31(25-27-47(39)52)49-41-19-7-1-13-33(41)34-14-2-8-20-42(34)49)46-24-12-6-18-38(46)40-30-32(26-28-48(40)52)50-43-21-9-3-15-35(43)36-16-4-10-22-44(36)50/h1-30H. The Labute approximate surface area is 300 Å². The van der Waals surface area contributed by atoms with Crippen LogP contribution < -0.4 is 0 Å². The van der Waals surface area contributed by atoms with Gasteiger partial charge in [-0.25, -0.2) is 0 Å². The Morgan fingerprint density at radius 3 is 1.00 bits per heavy atom. The summed E-state index contributed by atoms with van der Waals surface area (Å²) in [7, 11) is -4.01. The molecule has 244 valence electrons. The minimum atomic E-state index is -4.01. The lowest BCUT2D eigenvalue weighted by Crippen LogP contribution is -2.30. The average Bonchev–Trinajstić information content (AvgIpc) is 3.87. The van der Waals surface area contributed by atoms with Gasteiger partial charge in [-0.1, -0.05) is 109 Å². The molecule has 2 aliphatic rings. The number of hydrogen-bond donors (Lipinski definition) is 0. The van der Waals surface area contributed by atoms with Gasteiger partial charge in [0.05, 0.1) is 22.1 Å². The highest BCUT2D eigenvalue weighted by atomic mass is 32.3. The van der Waals surface area contributed by atoms with Gasteiger partial charge >= 0.3 is 0 Å². The summed E-state index contributed by atoms with van der Waals surface area (Å²) in [5, 5.41) is 4.89. The second kappa shape index (κ2) is 9.64. The first kappa shape index (κ1) is 28.2. The predicted octanol–water partition coefficient (Wildman–Crippen LogP) is 12.2. The van der Waals surface area contributed by atoms with Crippen molar-refractivity contribution < 1.29 is 4.21 Å². The molecule has 0 aliphatic carbocycles. The number of aromatic nitrogens is 2. The Morgan fingerprint density at radius 2 is 0.615 bits per heavy atom. The van der Waals surface area contributed by atoms with Crippen LogP contribution in [0.25, 0.3) is 77.2 Å². The Morgan fingerprint density at radius 1 is 0.308 bits per heavy atom. The summed E-state index contributed by atoms with van der Waals surface area (Å²) in [6, 6.07) is 64.4. The van der Waals surface area contributed by atoms with Crippen LogP contribution in [-0.2, 0) is 9.07 Å². The molecular weight excluding hydrogens is 653 g/mol. The van der Waals surface area contributed by atoms with E-state index in [2.05, 4.69) is 179 Å². The zero-order valence-electron chi connectivity index (χ0n) is 28.0. The monoisotopic (exact) mass is 682 g/mol. The topological polar surface area (TPSA) is 26.9 Å². The van der Waals surface area contributed by atoms with Gasteiger partial charge in [-0.05, 0) is 83.9 Å². The SMILES string of the molecule is O=S12(c3ccccc3-c3cc(-n4c5ccccc5c5ccccc54)ccc31)c1ccccc1-c1cc(-n3c4ccccc4c4ccccc43)ccc12. The Balaban J connectivity index is 1.16. The Bertz CT molecular complexity index is 2940. The fourth-order valence-electron chi connectivity index (χ4n) is 9.58. The van der Waals surface area contributed by atoms with Gasteiger partial charge in [0.1, 0.15) is 0 Å². The summed E-state index contributed by atoms with van der Waals surface area (Å²) in [5.74, 6) is 0. The van der Waals surface area contributed by atoms with Crippen molar-refractivity contribution in [2.24, 2.45) is 0 Å². The van der Waals surface area contributed by atoms with E-state index < -0.39 is 9.07 Å². The van der Waals surface area contributed by atoms with Crippen molar-refractivity contribution in [1.29, 1.82) is 0 Å². The maximum atomic E-state index is 17.3. The van der Waals surface area contributed by atoms with Gasteiger partial charge in [-0.3, -0.25) is 4.21 Å². The molecule has 2 aromatic heterocycles. The summed E-state index contributed by atoms with van der Waals surface area (Å²) in [4.78, 5) is 3.56. The van der Waals surface area contributed by atoms with Gasteiger partial charge in [-0.2, -0.15) is 0 Å². The van der Waals surface area contributed by atoms with E-state index in [1.165, 1.54) is 21.5 Å². The van der Waals surface area contributed by atoms with Crippen molar-refractivity contribution in [3.63, 3.8) is 0 Å². The molecule has 10 aromatic rings. The maximum Gasteiger partial charge on any atom is 0.0541 e. The minimum absolute atomic E-state index is 0.888. The van der Waals surface area contributed by atoms with Crippen molar-refractivity contribution in [1.82, 2.24) is 9.13 Å². The Kier molecular flexibility index (Phi) is 5.23. The smallest absolute Gasteiger partial charge is 0.0541 e. The van der Waals surface area contributed by atoms with Crippen LogP contribution in [0.4, 0.5) is 0 Å². The molecule has 0 N–H and O–H groups in total. The second-order valence-corrected chi connectivity index (χ2v) is 17.7. The first-order valence-electron chi connectivity index (χ1n) is 17.8. The first-order valence-corrected chi connectivity index (χ1v) is 19.7. The molecule has 1 spiro atoms. The molecule has 0 amide bonds. The van der Waals surface area contributed by atoms with E-state index in [0.717, 1.165) is 75.3 Å². The van der Waals surface area contributed by atoms with Crippen LogP contribution in [0, 0.1) is 0 Å². The Hall–Kier alpha value is -6.49. The molecule has 0 atom stereocenters. The highest BCUT2D eigenvalue weighted by Crippen LogP contribution is 2.71. The molecule has 4 heteroatoms. The minimum Gasteiger partial charge on any atom is -0.309 e. The van der Waals surface area contributed by atoms with Crippen LogP contribution in [0.2, 0.25) is 0 Å². The lowest BCUT2D eigenvalue weighted by atomic mass is 10.1. The van der Waals surface area contributed by atoms with Crippen LogP contribution in [0.5, 0.6) is 0 Å². The van der Waals surface area contributed by atoms with Gasteiger partial charge < -0.3 is 9.13 Å². The van der Waals surface area contributed by atoms with E-state index in [1.54, 1.807) is 0 Å². The van der Waals surface area contributed by atoms with Crippen molar-refractivity contribution >= 4 is 52.7 Å². The molecule has 0 fully saturated rings. The average molecular weight is 683 g/mol. The molecular formula is C48H30N2OS. The fraction of sp³-hybridized carbons (Fsp3) is 0. The van der Waals surface area contributed by atoms with Gasteiger partial charge in [0, 0.05) is 72.7 Å². The van der Waals surface area contributed by atoms with E-state index in [0.29, 0.717) is 0 Å². The number of rotatable bonds is 2. The van der Waals surface area contributed by atoms with Crippen LogP contribution in [0.1, 0.15) is 0 Å². The highest BCUT2D eigenvalue weighted by molar-refractivity contribution is 8.21. The van der Waals surface area contributed by atoms with Crippen LogP contribution in [-0.4, -0.2) is 13.3 Å². The zero-order valence-corrected chi connectivity index (χ0v) is 28.8. The van der Waals surface area contributed by atoms with E-state index in [9.17, 15) is 0 Å². The molecule has 0 saturated heterocycles. The van der Waals surface area contributed by atoms with Crippen molar-refractivity contribution in [3.05, 3.63) is 182 Å². The second-order valence-electron chi connectivity index (χ2n) is 14.0. The van der Waals surface area contributed by atoms with Gasteiger partial charge in [-0.15, -0.1) is 0 Å². The molecule has 0 bridgehead atoms. The van der Waals surface area contributed by atoms with E-state index in [1.807, 2.05) is 12.1 Å². The van der Waals surface area contributed by atoms with Crippen molar-refractivity contribution in [2.75, 3.05) is 0 Å². The third kappa shape index (κ3) is 3.17. The summed E-state index contributed by atoms with van der Waals surface area (Å²) < 4.78 is 22.0. The van der Waals surface area contributed by atoms with E-state index >= 15 is 4.21 Å². The maximum absolute atomic E-state index is 17.3. The van der Waals surface area contributed by atoms with Gasteiger partial charge in [0.25, 0.3) is 0 Å². The largest absolute Gasteiger partial charge is 0.309 e. The summed E-state index contributed by atoms with van der Waals surface area (Å²) >= 11 is 0. The van der Waals surface area contributed by atoms with Crippen LogP contribution >= 0.6 is 0 Å². The zero-order chi connectivity index (χ0) is 34.2. The molecule has 8 aromatic carbocycles. The number of nitrogens with zero attached hydrogens (tertiary/aromatic N) is 2. The molecule has 12 rings (SSSR count). The molecule has 0 radical (unpaired) electrons. The van der Waals surface area contributed by atoms with Gasteiger partial charge in [0.15, 0.2) is 0 Å².